The molecule has 1 N–H and O–H groups in total. The summed E-state index contributed by atoms with van der Waals surface area (Å²) in [5.74, 6) is 0.0843. The van der Waals surface area contributed by atoms with Crippen LogP contribution < -0.4 is 4.90 Å². The number of anilines is 1. The van der Waals surface area contributed by atoms with Crippen molar-refractivity contribution < 1.29 is 13.5 Å². The molecule has 0 aromatic heterocycles. The number of rotatable bonds is 2. The van der Waals surface area contributed by atoms with Gasteiger partial charge in [-0.25, -0.2) is 8.42 Å². The lowest BCUT2D eigenvalue weighted by molar-refractivity contribution is 0.277. The highest BCUT2D eigenvalue weighted by molar-refractivity contribution is 7.91. The van der Waals surface area contributed by atoms with Crippen molar-refractivity contribution >= 4 is 15.5 Å². The summed E-state index contributed by atoms with van der Waals surface area (Å²) < 4.78 is 24.7. The van der Waals surface area contributed by atoms with Gasteiger partial charge in [-0.3, -0.25) is 0 Å². The second-order valence-electron chi connectivity index (χ2n) is 4.99. The first-order valence-corrected chi connectivity index (χ1v) is 7.69. The van der Waals surface area contributed by atoms with E-state index in [-0.39, 0.29) is 18.4 Å². The van der Waals surface area contributed by atoms with Gasteiger partial charge in [-0.2, -0.15) is 0 Å². The molecule has 4 nitrogen and oxygen atoms in total. The van der Waals surface area contributed by atoms with Crippen LogP contribution in [-0.2, 0) is 9.84 Å². The third kappa shape index (κ3) is 2.12. The predicted octanol–water partition coefficient (Wildman–Crippen LogP) is 1.28. The summed E-state index contributed by atoms with van der Waals surface area (Å²) in [5.41, 5.74) is 2.62. The van der Waals surface area contributed by atoms with Gasteiger partial charge in [0.1, 0.15) is 0 Å². The van der Waals surface area contributed by atoms with Gasteiger partial charge in [0.25, 0.3) is 0 Å². The topological polar surface area (TPSA) is 57.6 Å². The number of aryl methyl sites for hydroxylation is 2. The van der Waals surface area contributed by atoms with E-state index in [0.717, 1.165) is 16.8 Å². The van der Waals surface area contributed by atoms with E-state index in [2.05, 4.69) is 0 Å². The van der Waals surface area contributed by atoms with Crippen LogP contribution in [0.25, 0.3) is 0 Å². The van der Waals surface area contributed by atoms with Gasteiger partial charge >= 0.3 is 0 Å². The van der Waals surface area contributed by atoms with Gasteiger partial charge in [0.05, 0.1) is 16.3 Å². The lowest BCUT2D eigenvalue weighted by Gasteiger charge is -2.36. The minimum Gasteiger partial charge on any atom is -0.396 e. The SMILES string of the molecule is Cc1cc(C)c2c(c1)N(C)C(CCO)CS2(=O)=O. The van der Waals surface area contributed by atoms with Crippen LogP contribution in [0.2, 0.25) is 0 Å². The maximum Gasteiger partial charge on any atom is 0.182 e. The summed E-state index contributed by atoms with van der Waals surface area (Å²) in [5, 5.41) is 9.04. The van der Waals surface area contributed by atoms with Gasteiger partial charge < -0.3 is 10.0 Å². The third-order valence-corrected chi connectivity index (χ3v) is 5.49. The Morgan fingerprint density at radius 2 is 2.06 bits per heavy atom. The third-order valence-electron chi connectivity index (χ3n) is 3.51. The smallest absolute Gasteiger partial charge is 0.182 e. The number of fused-ring (bicyclic) bond motifs is 1. The number of aliphatic hydroxyl groups is 1. The molecule has 100 valence electrons. The Labute approximate surface area is 108 Å². The molecule has 5 heteroatoms. The van der Waals surface area contributed by atoms with Crippen molar-refractivity contribution in [3.8, 4) is 0 Å². The van der Waals surface area contributed by atoms with E-state index >= 15 is 0 Å². The summed E-state index contributed by atoms with van der Waals surface area (Å²) in [6.07, 6.45) is 0.474. The summed E-state index contributed by atoms with van der Waals surface area (Å²) in [4.78, 5) is 2.43. The fourth-order valence-electron chi connectivity index (χ4n) is 2.67. The average molecular weight is 269 g/mol. The van der Waals surface area contributed by atoms with Crippen LogP contribution in [0.4, 0.5) is 5.69 Å². The number of hydrogen-bond donors (Lipinski definition) is 1. The first-order valence-electron chi connectivity index (χ1n) is 6.04. The van der Waals surface area contributed by atoms with Crippen molar-refractivity contribution in [1.29, 1.82) is 0 Å². The normalized spacial score (nSPS) is 21.8. The molecule has 0 bridgehead atoms. The molecule has 1 aliphatic rings. The van der Waals surface area contributed by atoms with Crippen LogP contribution in [0.5, 0.6) is 0 Å². The maximum atomic E-state index is 12.3. The summed E-state index contributed by atoms with van der Waals surface area (Å²) in [6, 6.07) is 3.66. The molecule has 0 spiro atoms. The van der Waals surface area contributed by atoms with Gasteiger partial charge in [0, 0.05) is 19.7 Å². The standard InChI is InChI=1S/C13H19NO3S/c1-9-6-10(2)13-12(7-9)14(3)11(4-5-15)8-18(13,16)17/h6-7,11,15H,4-5,8H2,1-3H3. The summed E-state index contributed by atoms with van der Waals surface area (Å²) in [7, 11) is -1.35. The second kappa shape index (κ2) is 4.55. The lowest BCUT2D eigenvalue weighted by atomic mass is 10.1. The molecule has 0 amide bonds. The molecule has 18 heavy (non-hydrogen) atoms. The zero-order chi connectivity index (χ0) is 13.5. The quantitative estimate of drug-likeness (QED) is 0.878. The number of aliphatic hydroxyl groups excluding tert-OH is 1. The number of hydrogen-bond acceptors (Lipinski definition) is 4. The van der Waals surface area contributed by atoms with Crippen LogP contribution in [0, 0.1) is 13.8 Å². The van der Waals surface area contributed by atoms with Crippen LogP contribution in [-0.4, -0.2) is 39.0 Å². The molecule has 2 rings (SSSR count). The van der Waals surface area contributed by atoms with E-state index in [1.165, 1.54) is 0 Å². The van der Waals surface area contributed by atoms with Crippen molar-refractivity contribution in [3.63, 3.8) is 0 Å². The van der Waals surface area contributed by atoms with Gasteiger partial charge in [-0.15, -0.1) is 0 Å². The maximum absolute atomic E-state index is 12.3. The van der Waals surface area contributed by atoms with Crippen molar-refractivity contribution in [2.75, 3.05) is 24.3 Å². The van der Waals surface area contributed by atoms with Crippen molar-refractivity contribution in [3.05, 3.63) is 23.3 Å². The van der Waals surface area contributed by atoms with E-state index in [1.807, 2.05) is 37.9 Å². The van der Waals surface area contributed by atoms with Crippen molar-refractivity contribution in [2.45, 2.75) is 31.2 Å². The fourth-order valence-corrected chi connectivity index (χ4v) is 4.80. The van der Waals surface area contributed by atoms with E-state index in [1.54, 1.807) is 0 Å². The summed E-state index contributed by atoms with van der Waals surface area (Å²) in [6.45, 7) is 3.80. The number of sulfone groups is 1. The van der Waals surface area contributed by atoms with Crippen LogP contribution in [0.1, 0.15) is 17.5 Å². The zero-order valence-corrected chi connectivity index (χ0v) is 11.8. The largest absolute Gasteiger partial charge is 0.396 e. The Morgan fingerprint density at radius 1 is 1.39 bits per heavy atom. The first kappa shape index (κ1) is 13.4. The number of nitrogens with zero attached hydrogens (tertiary/aromatic N) is 1. The molecule has 0 saturated heterocycles. The molecule has 0 radical (unpaired) electrons. The molecule has 0 saturated carbocycles. The van der Waals surface area contributed by atoms with Crippen LogP contribution in [0.15, 0.2) is 17.0 Å². The Morgan fingerprint density at radius 3 is 2.67 bits per heavy atom. The first-order chi connectivity index (χ1) is 8.36. The molecule has 1 aromatic carbocycles. The van der Waals surface area contributed by atoms with Crippen LogP contribution in [0.3, 0.4) is 0 Å². The number of benzene rings is 1. The second-order valence-corrected chi connectivity index (χ2v) is 6.96. The molecular formula is C13H19NO3S. The van der Waals surface area contributed by atoms with Gasteiger partial charge in [-0.1, -0.05) is 6.07 Å². The zero-order valence-electron chi connectivity index (χ0n) is 11.0. The molecule has 1 unspecified atom stereocenters. The Bertz CT molecular complexity index is 566. The molecule has 1 atom stereocenters. The monoisotopic (exact) mass is 269 g/mol. The Kier molecular flexibility index (Phi) is 3.38. The van der Waals surface area contributed by atoms with Gasteiger partial charge in [-0.05, 0) is 37.5 Å². The lowest BCUT2D eigenvalue weighted by Crippen LogP contribution is -2.43. The van der Waals surface area contributed by atoms with Crippen LogP contribution >= 0.6 is 0 Å². The van der Waals surface area contributed by atoms with Gasteiger partial charge in [0.2, 0.25) is 0 Å². The van der Waals surface area contributed by atoms with E-state index < -0.39 is 9.84 Å². The van der Waals surface area contributed by atoms with Crippen molar-refractivity contribution in [2.24, 2.45) is 0 Å². The Balaban J connectivity index is 2.62. The predicted molar refractivity (Wildman–Crippen MR) is 71.9 cm³/mol. The van der Waals surface area contributed by atoms with Gasteiger partial charge in [0.15, 0.2) is 9.84 Å². The minimum atomic E-state index is -3.25. The highest BCUT2D eigenvalue weighted by Gasteiger charge is 2.34. The molecule has 0 aliphatic carbocycles. The molecule has 1 aromatic rings. The van der Waals surface area contributed by atoms with E-state index in [0.29, 0.717) is 11.3 Å². The highest BCUT2D eigenvalue weighted by Crippen LogP contribution is 2.36. The highest BCUT2D eigenvalue weighted by atomic mass is 32.2. The molecular weight excluding hydrogens is 250 g/mol. The average Bonchev–Trinajstić information content (AvgIpc) is 2.24. The molecule has 1 heterocycles. The van der Waals surface area contributed by atoms with E-state index in [4.69, 9.17) is 5.11 Å². The molecule has 0 fully saturated rings. The Hall–Kier alpha value is -1.07. The summed E-state index contributed by atoms with van der Waals surface area (Å²) >= 11 is 0. The minimum absolute atomic E-state index is 0.00462. The fraction of sp³-hybridized carbons (Fsp3) is 0.538. The van der Waals surface area contributed by atoms with E-state index in [9.17, 15) is 8.42 Å². The molecule has 1 aliphatic heterocycles. The van der Waals surface area contributed by atoms with Crippen molar-refractivity contribution in [1.82, 2.24) is 0 Å².